The normalized spacial score (nSPS) is 21.1. The zero-order chi connectivity index (χ0) is 43.4. The number of nitrogens with zero attached hydrogens (tertiary/aromatic N) is 4. The number of ether oxygens (including phenoxy) is 4. The van der Waals surface area contributed by atoms with Crippen LogP contribution >= 0.6 is 23.2 Å². The highest BCUT2D eigenvalue weighted by molar-refractivity contribution is 6.32. The van der Waals surface area contributed by atoms with Crippen LogP contribution in [-0.4, -0.2) is 120 Å². The number of hydrogen-bond acceptors (Lipinski definition) is 10. The second kappa shape index (κ2) is 19.0. The lowest BCUT2D eigenvalue weighted by molar-refractivity contribution is -0.137. The zero-order valence-corrected chi connectivity index (χ0v) is 35.9. The smallest absolute Gasteiger partial charge is 0.407 e. The summed E-state index contributed by atoms with van der Waals surface area (Å²) in [6, 6.07) is 12.8. The van der Waals surface area contributed by atoms with E-state index in [4.69, 9.17) is 52.1 Å². The Kier molecular flexibility index (Phi) is 13.5. The Labute approximate surface area is 363 Å². The van der Waals surface area contributed by atoms with E-state index in [9.17, 15) is 19.2 Å². The van der Waals surface area contributed by atoms with Gasteiger partial charge in [0, 0.05) is 57.4 Å². The molecule has 4 heterocycles. The lowest BCUT2D eigenvalue weighted by Gasteiger charge is -2.32. The van der Waals surface area contributed by atoms with Gasteiger partial charge in [-0.15, -0.1) is 0 Å². The van der Waals surface area contributed by atoms with Crippen molar-refractivity contribution in [3.63, 3.8) is 0 Å². The molecule has 2 aromatic carbocycles. The molecule has 4 aromatic rings. The van der Waals surface area contributed by atoms with E-state index in [0.717, 1.165) is 28.7 Å². The number of carbonyl (C=O) groups is 4. The van der Waals surface area contributed by atoms with E-state index in [1.807, 2.05) is 55.5 Å². The summed E-state index contributed by atoms with van der Waals surface area (Å²) < 4.78 is 19.9. The molecule has 16 nitrogen and oxygen atoms in total. The predicted octanol–water partition coefficient (Wildman–Crippen LogP) is 6.29. The zero-order valence-electron chi connectivity index (χ0n) is 34.4. The average molecular weight is 876 g/mol. The van der Waals surface area contributed by atoms with E-state index < -0.39 is 30.3 Å². The van der Waals surface area contributed by atoms with Crippen LogP contribution in [-0.2, 0) is 28.5 Å². The molecular formula is C43H48Cl2N8O8. The molecule has 3 aliphatic rings. The Bertz CT molecular complexity index is 2310. The van der Waals surface area contributed by atoms with Crippen molar-refractivity contribution in [2.75, 3.05) is 41.7 Å². The summed E-state index contributed by atoms with van der Waals surface area (Å²) in [5, 5.41) is 5.98. The Morgan fingerprint density at radius 3 is 1.61 bits per heavy atom. The van der Waals surface area contributed by atoms with Crippen LogP contribution in [0.3, 0.4) is 0 Å². The van der Waals surface area contributed by atoms with Crippen LogP contribution in [0.15, 0.2) is 48.5 Å². The van der Waals surface area contributed by atoms with Gasteiger partial charge < -0.3 is 49.3 Å². The molecule has 322 valence electrons. The van der Waals surface area contributed by atoms with Gasteiger partial charge in [0.25, 0.3) is 0 Å². The minimum atomic E-state index is -0.871. The first-order chi connectivity index (χ1) is 29.5. The van der Waals surface area contributed by atoms with Crippen molar-refractivity contribution in [3.8, 4) is 45.5 Å². The number of nitrogens with one attached hydrogen (secondary N) is 4. The van der Waals surface area contributed by atoms with E-state index in [-0.39, 0.29) is 61.9 Å². The van der Waals surface area contributed by atoms with Crippen molar-refractivity contribution < 1.29 is 38.1 Å². The highest BCUT2D eigenvalue weighted by atomic mass is 35.5. The summed E-state index contributed by atoms with van der Waals surface area (Å²) in [4.78, 5) is 71.6. The summed E-state index contributed by atoms with van der Waals surface area (Å²) in [6.45, 7) is 2.51. The van der Waals surface area contributed by atoms with Crippen LogP contribution in [0.25, 0.3) is 33.6 Å². The first-order valence-corrected chi connectivity index (χ1v) is 20.8. The number of amides is 4. The maximum atomic E-state index is 13.9. The molecule has 7 atom stereocenters. The molecule has 18 heteroatoms. The first-order valence-electron chi connectivity index (χ1n) is 20.0. The fourth-order valence-corrected chi connectivity index (χ4v) is 8.75. The lowest BCUT2D eigenvalue weighted by atomic mass is 9.92. The Hall–Kier alpha value is -5.60. The third-order valence-electron chi connectivity index (χ3n) is 11.5. The maximum absolute atomic E-state index is 13.9. The lowest BCUT2D eigenvalue weighted by Crippen LogP contribution is -2.52. The number of benzene rings is 2. The van der Waals surface area contributed by atoms with Gasteiger partial charge >= 0.3 is 12.2 Å². The molecule has 2 aromatic heterocycles. The minimum Gasteiger partial charge on any atom is -0.453 e. The van der Waals surface area contributed by atoms with E-state index in [2.05, 4.69) is 32.4 Å². The molecule has 2 aliphatic heterocycles. The molecule has 2 fully saturated rings. The number of aromatic nitrogens is 4. The number of hydrogen-bond donors (Lipinski definition) is 4. The van der Waals surface area contributed by atoms with Crippen LogP contribution in [0.5, 0.6) is 0 Å². The minimum absolute atomic E-state index is 0.0148. The predicted molar refractivity (Wildman–Crippen MR) is 226 cm³/mol. The second-order valence-electron chi connectivity index (χ2n) is 15.2. The number of carbonyl (C=O) groups excluding carboxylic acids is 4. The largest absolute Gasteiger partial charge is 0.453 e. The first kappa shape index (κ1) is 43.5. The van der Waals surface area contributed by atoms with E-state index >= 15 is 0 Å². The van der Waals surface area contributed by atoms with E-state index in [1.165, 1.54) is 28.4 Å². The Balaban J connectivity index is 1.05. The van der Waals surface area contributed by atoms with Crippen LogP contribution in [0.2, 0.25) is 10.3 Å². The molecule has 0 unspecified atom stereocenters. The fourth-order valence-electron chi connectivity index (χ4n) is 8.26. The molecule has 0 bridgehead atoms. The van der Waals surface area contributed by atoms with Crippen LogP contribution in [0.1, 0.15) is 62.8 Å². The molecule has 4 amide bonds. The van der Waals surface area contributed by atoms with E-state index in [0.29, 0.717) is 46.2 Å². The van der Waals surface area contributed by atoms with Gasteiger partial charge in [0.15, 0.2) is 0 Å². The van der Waals surface area contributed by atoms with Gasteiger partial charge in [-0.25, -0.2) is 19.6 Å². The van der Waals surface area contributed by atoms with Crippen molar-refractivity contribution in [2.45, 2.75) is 75.3 Å². The number of fused-ring (bicyclic) bond motifs is 1. The molecule has 1 aliphatic carbocycles. The number of likely N-dealkylation sites (tertiary alicyclic amines) is 2. The van der Waals surface area contributed by atoms with Crippen molar-refractivity contribution >= 4 is 47.2 Å². The van der Waals surface area contributed by atoms with Crippen molar-refractivity contribution in [2.24, 2.45) is 5.92 Å². The third-order valence-corrected chi connectivity index (χ3v) is 12.0. The van der Waals surface area contributed by atoms with Gasteiger partial charge in [0.05, 0.1) is 32.2 Å². The number of aromatic amines is 2. The number of imidazole rings is 2. The highest BCUT2D eigenvalue weighted by Gasteiger charge is 2.49. The van der Waals surface area contributed by atoms with Gasteiger partial charge in [-0.2, -0.15) is 0 Å². The van der Waals surface area contributed by atoms with Gasteiger partial charge in [0.1, 0.15) is 51.5 Å². The average Bonchev–Trinajstić information content (AvgIpc) is 4.02. The van der Waals surface area contributed by atoms with E-state index in [1.54, 1.807) is 9.80 Å². The monoisotopic (exact) mass is 874 g/mol. The summed E-state index contributed by atoms with van der Waals surface area (Å²) in [6.07, 6.45) is 1.14. The standard InChI is InChI=1S/C43H48Cl2N8O8/c1-23-6-16-32(52(23)40(54)29(18-20-58-2)46-42(56)60-4)38-48-34(36(44)50-38)26-11-7-24(8-12-26)25-9-13-27(14-10-25)35-37(45)51-39(49-35)33-22-28-15-17-31(28)53(33)41(55)30(19-21-59-3)47-43(57)61-5/h7-14,23,28-33H,6,16,18-22H2,1-5H3,(H,46,56)(H,47,57)(H,48,50)(H,49,51)/t23-,28-,29+,30+,31-,32+,33+/m1/s1. The van der Waals surface area contributed by atoms with Crippen molar-refractivity contribution in [1.82, 2.24) is 40.4 Å². The van der Waals surface area contributed by atoms with Crippen molar-refractivity contribution in [1.29, 1.82) is 0 Å². The molecule has 0 saturated carbocycles. The molecule has 2 saturated heterocycles. The molecule has 0 spiro atoms. The topological polar surface area (TPSA) is 193 Å². The van der Waals surface area contributed by atoms with Gasteiger partial charge in [-0.3, -0.25) is 9.59 Å². The molecule has 0 radical (unpaired) electrons. The number of H-pyrrole nitrogens is 2. The summed E-state index contributed by atoms with van der Waals surface area (Å²) in [5.41, 5.74) is 4.59. The maximum Gasteiger partial charge on any atom is 0.407 e. The van der Waals surface area contributed by atoms with Crippen LogP contribution in [0.4, 0.5) is 9.59 Å². The number of alkyl carbamates (subject to hydrolysis) is 2. The number of halogens is 2. The quantitative estimate of drug-likeness (QED) is 0.0987. The van der Waals surface area contributed by atoms with Crippen molar-refractivity contribution in [3.05, 3.63) is 70.5 Å². The molecular weight excluding hydrogens is 827 g/mol. The Morgan fingerprint density at radius 1 is 0.705 bits per heavy atom. The fraction of sp³-hybridized carbons (Fsp3) is 0.442. The number of rotatable bonds is 15. The van der Waals surface area contributed by atoms with Crippen LogP contribution in [0, 0.1) is 17.8 Å². The van der Waals surface area contributed by atoms with Gasteiger partial charge in [0.2, 0.25) is 11.8 Å². The highest BCUT2D eigenvalue weighted by Crippen LogP contribution is 2.44. The molecule has 7 rings (SSSR count). The second-order valence-corrected chi connectivity index (χ2v) is 15.9. The summed E-state index contributed by atoms with van der Waals surface area (Å²) >= 11 is 13.5. The summed E-state index contributed by atoms with van der Waals surface area (Å²) in [7, 11) is 5.57. The molecule has 4 N–H and O–H groups in total. The number of methoxy groups -OCH3 is 4. The molecule has 61 heavy (non-hydrogen) atoms. The van der Waals surface area contributed by atoms with Crippen LogP contribution < -0.4 is 10.6 Å². The van der Waals surface area contributed by atoms with Gasteiger partial charge in [-0.1, -0.05) is 83.6 Å². The summed E-state index contributed by atoms with van der Waals surface area (Å²) in [5.74, 6) is 6.79. The Morgan fingerprint density at radius 2 is 1.16 bits per heavy atom. The SMILES string of the molecule is COCC[C@H](NC(=O)OC)C(=O)N1[C@H](C)CC[C@H]1c1nc(-c2ccc(-c3ccc(-c4nc([C@@H]5C[C@H]6C#C[C@H]6N5C(=O)[C@H](CCOC)NC(=O)OC)[nH]c4Cl)cc3)cc2)c(Cl)[nH]1. The van der Waals surface area contributed by atoms with Gasteiger partial charge in [-0.05, 0) is 37.3 Å². The third kappa shape index (κ3) is 9.06.